The van der Waals surface area contributed by atoms with E-state index in [1.54, 1.807) is 29.8 Å². The van der Waals surface area contributed by atoms with Gasteiger partial charge in [0.05, 0.1) is 29.4 Å². The maximum atomic E-state index is 13.4. The van der Waals surface area contributed by atoms with Gasteiger partial charge >= 0.3 is 6.03 Å². The van der Waals surface area contributed by atoms with Gasteiger partial charge in [0.2, 0.25) is 5.91 Å². The minimum Gasteiger partial charge on any atom is -0.493 e. The molecule has 1 aromatic heterocycles. The van der Waals surface area contributed by atoms with Crippen LogP contribution < -0.4 is 15.4 Å². The first-order valence-corrected chi connectivity index (χ1v) is 11.1. The Labute approximate surface area is 196 Å². The number of ether oxygens (including phenoxy) is 1. The van der Waals surface area contributed by atoms with Crippen molar-refractivity contribution in [2.75, 3.05) is 18.5 Å². The number of nitrogens with one attached hydrogen (secondary N) is 2. The van der Waals surface area contributed by atoms with Crippen LogP contribution in [0, 0.1) is 20.8 Å². The van der Waals surface area contributed by atoms with E-state index in [0.29, 0.717) is 35.7 Å². The van der Waals surface area contributed by atoms with E-state index in [4.69, 9.17) is 4.74 Å². The summed E-state index contributed by atoms with van der Waals surface area (Å²) in [6, 6.07) is 14.4. The zero-order valence-corrected chi connectivity index (χ0v) is 19.2. The van der Waals surface area contributed by atoms with Crippen molar-refractivity contribution in [2.24, 2.45) is 0 Å². The largest absolute Gasteiger partial charge is 0.493 e. The van der Waals surface area contributed by atoms with Gasteiger partial charge in [-0.05, 0) is 39.0 Å². The fraction of sp³-hybridized carbons (Fsp3) is 0.280. The molecule has 1 atom stereocenters. The molecule has 34 heavy (non-hydrogen) atoms. The number of rotatable bonds is 4. The van der Waals surface area contributed by atoms with Crippen LogP contribution in [0.3, 0.4) is 0 Å². The number of para-hydroxylation sites is 1. The third kappa shape index (κ3) is 3.40. The molecule has 1 saturated heterocycles. The lowest BCUT2D eigenvalue weighted by molar-refractivity contribution is -0.135. The van der Waals surface area contributed by atoms with E-state index < -0.39 is 29.9 Å². The van der Waals surface area contributed by atoms with Gasteiger partial charge < -0.3 is 15.4 Å². The summed E-state index contributed by atoms with van der Waals surface area (Å²) in [5, 5.41) is 10.2. The van der Waals surface area contributed by atoms with Crippen LogP contribution in [0.1, 0.15) is 28.9 Å². The summed E-state index contributed by atoms with van der Waals surface area (Å²) in [4.78, 5) is 40.0. The molecule has 1 unspecified atom stereocenters. The van der Waals surface area contributed by atoms with Crippen molar-refractivity contribution < 1.29 is 19.1 Å². The second-order valence-electron chi connectivity index (χ2n) is 8.66. The molecule has 3 aromatic rings. The van der Waals surface area contributed by atoms with Gasteiger partial charge in [-0.2, -0.15) is 5.10 Å². The first-order valence-electron chi connectivity index (χ1n) is 11.1. The second-order valence-corrected chi connectivity index (χ2v) is 8.66. The van der Waals surface area contributed by atoms with Crippen molar-refractivity contribution in [3.63, 3.8) is 0 Å². The summed E-state index contributed by atoms with van der Waals surface area (Å²) in [6.07, 6.45) is 0.300. The molecular weight excluding hydrogens is 434 g/mol. The molecule has 5 rings (SSSR count). The number of anilines is 1. The Morgan fingerprint density at radius 3 is 2.62 bits per heavy atom. The molecule has 2 N–H and O–H groups in total. The van der Waals surface area contributed by atoms with Gasteiger partial charge in [0.1, 0.15) is 12.3 Å². The van der Waals surface area contributed by atoms with Crippen molar-refractivity contribution in [3.8, 4) is 11.4 Å². The van der Waals surface area contributed by atoms with Crippen LogP contribution in [0.4, 0.5) is 10.5 Å². The minimum atomic E-state index is -1.21. The summed E-state index contributed by atoms with van der Waals surface area (Å²) in [7, 11) is 0. The number of carbonyl (C=O) groups excluding carboxylic acids is 3. The van der Waals surface area contributed by atoms with Crippen molar-refractivity contribution in [2.45, 2.75) is 32.7 Å². The third-order valence-corrected chi connectivity index (χ3v) is 6.39. The van der Waals surface area contributed by atoms with E-state index in [9.17, 15) is 14.4 Å². The number of urea groups is 1. The van der Waals surface area contributed by atoms with Crippen LogP contribution in [0.2, 0.25) is 0 Å². The second kappa shape index (κ2) is 8.02. The van der Waals surface area contributed by atoms with Gasteiger partial charge in [-0.3, -0.25) is 14.5 Å². The fourth-order valence-corrected chi connectivity index (χ4v) is 4.60. The number of imide groups is 1. The number of hydrogen-bond donors (Lipinski definition) is 2. The predicted molar refractivity (Wildman–Crippen MR) is 125 cm³/mol. The highest BCUT2D eigenvalue weighted by Gasteiger charge is 2.55. The number of nitrogens with zero attached hydrogens (tertiary/aromatic N) is 3. The zero-order valence-electron chi connectivity index (χ0n) is 19.2. The molecular formula is C25H25N5O4. The maximum absolute atomic E-state index is 13.4. The highest BCUT2D eigenvalue weighted by atomic mass is 16.5. The van der Waals surface area contributed by atoms with E-state index in [0.717, 1.165) is 21.8 Å². The summed E-state index contributed by atoms with van der Waals surface area (Å²) in [6.45, 7) is 5.56. The van der Waals surface area contributed by atoms with Gasteiger partial charge in [0.15, 0.2) is 5.54 Å². The Hall–Kier alpha value is -4.14. The molecule has 9 heteroatoms. The Morgan fingerprint density at radius 1 is 1.12 bits per heavy atom. The van der Waals surface area contributed by atoms with E-state index in [1.165, 1.54) is 0 Å². The molecule has 2 aliphatic heterocycles. The lowest BCUT2D eigenvalue weighted by Gasteiger charge is -2.33. The summed E-state index contributed by atoms with van der Waals surface area (Å²) < 4.78 is 7.41. The topological polar surface area (TPSA) is 106 Å². The van der Waals surface area contributed by atoms with Gasteiger partial charge in [0.25, 0.3) is 5.91 Å². The third-order valence-electron chi connectivity index (χ3n) is 6.39. The number of aromatic nitrogens is 2. The van der Waals surface area contributed by atoms with Gasteiger partial charge in [-0.15, -0.1) is 0 Å². The van der Waals surface area contributed by atoms with Crippen LogP contribution >= 0.6 is 0 Å². The van der Waals surface area contributed by atoms with Crippen molar-refractivity contribution in [1.29, 1.82) is 0 Å². The zero-order chi connectivity index (χ0) is 24.0. The van der Waals surface area contributed by atoms with Crippen LogP contribution in [-0.4, -0.2) is 45.7 Å². The van der Waals surface area contributed by atoms with Crippen LogP contribution in [-0.2, 0) is 15.1 Å². The summed E-state index contributed by atoms with van der Waals surface area (Å²) in [5.74, 6) is -0.369. The Bertz CT molecular complexity index is 1310. The highest BCUT2D eigenvalue weighted by Crippen LogP contribution is 2.40. The number of aryl methyl sites for hydroxylation is 2. The molecule has 4 amide bonds. The van der Waals surface area contributed by atoms with Crippen LogP contribution in [0.5, 0.6) is 5.75 Å². The van der Waals surface area contributed by atoms with Gasteiger partial charge in [-0.25, -0.2) is 9.48 Å². The Kier molecular flexibility index (Phi) is 5.11. The summed E-state index contributed by atoms with van der Waals surface area (Å²) >= 11 is 0. The van der Waals surface area contributed by atoms with Crippen LogP contribution in [0.15, 0.2) is 48.5 Å². The fourth-order valence-electron chi connectivity index (χ4n) is 4.60. The maximum Gasteiger partial charge on any atom is 0.325 e. The molecule has 2 aliphatic rings. The van der Waals surface area contributed by atoms with E-state index >= 15 is 0 Å². The SMILES string of the molecule is Cc1ccc(-n2nc(C)c(NC(=O)CN3C(=O)NC4(CCOc5ccccc54)C3=O)c2C)cc1. The van der Waals surface area contributed by atoms with E-state index in [-0.39, 0.29) is 0 Å². The average Bonchev–Trinajstić information content (AvgIpc) is 3.23. The normalized spacial score (nSPS) is 19.1. The van der Waals surface area contributed by atoms with Crippen LogP contribution in [0.25, 0.3) is 5.69 Å². The van der Waals surface area contributed by atoms with Crippen molar-refractivity contribution in [3.05, 3.63) is 71.0 Å². The standard InChI is InChI=1S/C25H25N5O4/c1-15-8-10-18(11-9-15)30-17(3)22(16(2)28-30)26-21(31)14-29-23(32)25(27-24(29)33)12-13-34-20-7-5-4-6-19(20)25/h4-11H,12-14H2,1-3H3,(H,26,31)(H,27,33). The number of hydrogen-bond acceptors (Lipinski definition) is 5. The van der Waals surface area contributed by atoms with Gasteiger partial charge in [-0.1, -0.05) is 35.9 Å². The lowest BCUT2D eigenvalue weighted by Crippen LogP contribution is -2.48. The van der Waals surface area contributed by atoms with Crippen molar-refractivity contribution in [1.82, 2.24) is 20.0 Å². The molecule has 2 aromatic carbocycles. The molecule has 3 heterocycles. The highest BCUT2D eigenvalue weighted by molar-refractivity contribution is 6.10. The molecule has 0 bridgehead atoms. The number of fused-ring (bicyclic) bond motifs is 2. The lowest BCUT2D eigenvalue weighted by atomic mass is 9.84. The van der Waals surface area contributed by atoms with E-state index in [2.05, 4.69) is 15.7 Å². The number of amides is 4. The quantitative estimate of drug-likeness (QED) is 0.584. The molecule has 0 aliphatic carbocycles. The Morgan fingerprint density at radius 2 is 1.85 bits per heavy atom. The average molecular weight is 460 g/mol. The van der Waals surface area contributed by atoms with Crippen molar-refractivity contribution >= 4 is 23.5 Å². The van der Waals surface area contributed by atoms with E-state index in [1.807, 2.05) is 44.2 Å². The molecule has 0 saturated carbocycles. The summed E-state index contributed by atoms with van der Waals surface area (Å²) in [5.41, 5.74) is 3.35. The predicted octanol–water partition coefficient (Wildman–Crippen LogP) is 2.97. The molecule has 9 nitrogen and oxygen atoms in total. The molecule has 0 radical (unpaired) electrons. The smallest absolute Gasteiger partial charge is 0.325 e. The number of benzene rings is 2. The van der Waals surface area contributed by atoms with Gasteiger partial charge in [0, 0.05) is 12.0 Å². The molecule has 174 valence electrons. The minimum absolute atomic E-state index is 0.291. The monoisotopic (exact) mass is 459 g/mol. The first-order chi connectivity index (χ1) is 16.3. The molecule has 1 fully saturated rings. The first kappa shape index (κ1) is 21.7. The molecule has 1 spiro atoms. The number of carbonyl (C=O) groups is 3. The Balaban J connectivity index is 1.36.